The first-order valence-corrected chi connectivity index (χ1v) is 12.7. The highest BCUT2D eigenvalue weighted by molar-refractivity contribution is 7.89. The molecule has 1 aliphatic rings. The number of nitriles is 1. The predicted molar refractivity (Wildman–Crippen MR) is 122 cm³/mol. The molecule has 1 atom stereocenters. The minimum atomic E-state index is -3.71. The maximum atomic E-state index is 13.0. The summed E-state index contributed by atoms with van der Waals surface area (Å²) in [7, 11) is -3.71. The van der Waals surface area contributed by atoms with E-state index in [1.165, 1.54) is 15.6 Å². The Kier molecular flexibility index (Phi) is 6.71. The van der Waals surface area contributed by atoms with Gasteiger partial charge in [0.2, 0.25) is 10.0 Å². The van der Waals surface area contributed by atoms with Crippen molar-refractivity contribution in [3.8, 4) is 17.3 Å². The fourth-order valence-electron chi connectivity index (χ4n) is 3.84. The minimum absolute atomic E-state index is 0.0671. The van der Waals surface area contributed by atoms with Crippen molar-refractivity contribution in [3.05, 3.63) is 52.2 Å². The van der Waals surface area contributed by atoms with Gasteiger partial charge in [-0.15, -0.1) is 11.3 Å². The van der Waals surface area contributed by atoms with E-state index in [-0.39, 0.29) is 36.1 Å². The van der Waals surface area contributed by atoms with Crippen molar-refractivity contribution in [1.82, 2.24) is 19.3 Å². The first-order valence-electron chi connectivity index (χ1n) is 10.4. The summed E-state index contributed by atoms with van der Waals surface area (Å²) in [5.41, 5.74) is 2.00. The summed E-state index contributed by atoms with van der Waals surface area (Å²) in [6.45, 7) is 4.50. The van der Waals surface area contributed by atoms with Crippen molar-refractivity contribution in [2.45, 2.75) is 24.7 Å². The molecule has 3 aromatic rings. The van der Waals surface area contributed by atoms with Gasteiger partial charge in [-0.25, -0.2) is 13.4 Å². The molecule has 0 saturated carbocycles. The van der Waals surface area contributed by atoms with Crippen LogP contribution in [0, 0.1) is 25.2 Å². The summed E-state index contributed by atoms with van der Waals surface area (Å²) in [4.78, 5) is 19.4. The number of ketones is 1. The molecule has 11 heteroatoms. The molecule has 0 bridgehead atoms. The topological polar surface area (TPSA) is 120 Å². The molecular weight excluding hydrogens is 462 g/mol. The van der Waals surface area contributed by atoms with Crippen LogP contribution in [-0.2, 0) is 14.8 Å². The Hall–Kier alpha value is -2.91. The predicted octanol–water partition coefficient (Wildman–Crippen LogP) is 2.60. The molecule has 0 N–H and O–H groups in total. The molecule has 4 rings (SSSR count). The van der Waals surface area contributed by atoms with Crippen LogP contribution in [0.4, 0.5) is 0 Å². The fourth-order valence-corrected chi connectivity index (χ4v) is 6.44. The van der Waals surface area contributed by atoms with Gasteiger partial charge in [0.15, 0.2) is 17.5 Å². The molecular formula is C22H23N5O4S2. The number of aryl methyl sites for hydroxylation is 2. The van der Waals surface area contributed by atoms with Crippen LogP contribution in [0.2, 0.25) is 0 Å². The van der Waals surface area contributed by atoms with Gasteiger partial charge in [0, 0.05) is 37.1 Å². The lowest BCUT2D eigenvalue weighted by Gasteiger charge is -2.33. The second-order valence-corrected chi connectivity index (χ2v) is 10.6. The Morgan fingerprint density at radius 1 is 1.21 bits per heavy atom. The van der Waals surface area contributed by atoms with Gasteiger partial charge in [-0.1, -0.05) is 35.5 Å². The number of rotatable bonds is 7. The molecule has 1 aliphatic heterocycles. The molecule has 1 aromatic carbocycles. The Labute approximate surface area is 196 Å². The second-order valence-electron chi connectivity index (χ2n) is 7.80. The third-order valence-electron chi connectivity index (χ3n) is 5.57. The molecule has 0 spiro atoms. The lowest BCUT2D eigenvalue weighted by Crippen LogP contribution is -2.50. The molecule has 3 heterocycles. The number of aromatic nitrogens is 2. The minimum Gasteiger partial charge on any atom is -0.360 e. The number of Topliss-reactive ketones (excluding diaryl/α,β-unsaturated/α-hetero) is 1. The van der Waals surface area contributed by atoms with Gasteiger partial charge in [-0.05, 0) is 13.8 Å². The van der Waals surface area contributed by atoms with Crippen LogP contribution in [0.3, 0.4) is 0 Å². The van der Waals surface area contributed by atoms with Gasteiger partial charge in [-0.3, -0.25) is 9.69 Å². The molecule has 172 valence electrons. The average molecular weight is 486 g/mol. The SMILES string of the molecule is Cc1noc(C)c1S(=O)(=O)N1CCN(CC(=O)[C@H](C#N)c2nc(-c3ccccc3)cs2)CC1. The van der Waals surface area contributed by atoms with Gasteiger partial charge in [0.1, 0.15) is 15.6 Å². The van der Waals surface area contributed by atoms with E-state index in [1.807, 2.05) is 40.6 Å². The van der Waals surface area contributed by atoms with E-state index in [1.54, 1.807) is 13.8 Å². The molecule has 33 heavy (non-hydrogen) atoms. The fraction of sp³-hybridized carbons (Fsp3) is 0.364. The first kappa shape index (κ1) is 23.3. The van der Waals surface area contributed by atoms with Crippen molar-refractivity contribution in [3.63, 3.8) is 0 Å². The zero-order valence-corrected chi connectivity index (χ0v) is 19.9. The number of sulfonamides is 1. The normalized spacial score (nSPS) is 16.4. The Balaban J connectivity index is 1.39. The van der Waals surface area contributed by atoms with E-state index in [0.29, 0.717) is 23.8 Å². The lowest BCUT2D eigenvalue weighted by atomic mass is 10.1. The van der Waals surface area contributed by atoms with Gasteiger partial charge >= 0.3 is 0 Å². The summed E-state index contributed by atoms with van der Waals surface area (Å²) in [5, 5.41) is 15.7. The first-order chi connectivity index (χ1) is 15.8. The number of piperazine rings is 1. The van der Waals surface area contributed by atoms with Gasteiger partial charge in [-0.2, -0.15) is 9.57 Å². The van der Waals surface area contributed by atoms with Gasteiger partial charge < -0.3 is 4.52 Å². The number of hydrogen-bond donors (Lipinski definition) is 0. The highest BCUT2D eigenvalue weighted by Gasteiger charge is 2.34. The van der Waals surface area contributed by atoms with Crippen LogP contribution < -0.4 is 0 Å². The lowest BCUT2D eigenvalue weighted by molar-refractivity contribution is -0.120. The van der Waals surface area contributed by atoms with Crippen molar-refractivity contribution in [2.75, 3.05) is 32.7 Å². The number of carbonyl (C=O) groups excluding carboxylic acids is 1. The van der Waals surface area contributed by atoms with E-state index in [0.717, 1.165) is 11.3 Å². The van der Waals surface area contributed by atoms with E-state index >= 15 is 0 Å². The standard InChI is InChI=1S/C22H23N5O4S2/c1-15-21(16(2)31-25-15)33(29,30)27-10-8-26(9-11-27)13-20(28)18(12-23)22-24-19(14-32-22)17-6-4-3-5-7-17/h3-7,14,18H,8-11,13H2,1-2H3/t18-/m0/s1. The third-order valence-corrected chi connectivity index (χ3v) is 8.62. The molecule has 1 saturated heterocycles. The summed E-state index contributed by atoms with van der Waals surface area (Å²) < 4.78 is 32.3. The van der Waals surface area contributed by atoms with Gasteiger partial charge in [0.05, 0.1) is 18.3 Å². The Morgan fingerprint density at radius 3 is 2.52 bits per heavy atom. The Morgan fingerprint density at radius 2 is 1.91 bits per heavy atom. The third kappa shape index (κ3) is 4.74. The van der Waals surface area contributed by atoms with Crippen molar-refractivity contribution < 1.29 is 17.7 Å². The molecule has 0 aliphatic carbocycles. The molecule has 0 unspecified atom stereocenters. The van der Waals surface area contributed by atoms with Crippen molar-refractivity contribution in [1.29, 1.82) is 5.26 Å². The number of thiazole rings is 1. The number of hydrogen-bond acceptors (Lipinski definition) is 9. The van der Waals surface area contributed by atoms with Crippen LogP contribution in [0.5, 0.6) is 0 Å². The van der Waals surface area contributed by atoms with Crippen molar-refractivity contribution in [2.24, 2.45) is 0 Å². The van der Waals surface area contributed by atoms with E-state index in [2.05, 4.69) is 16.2 Å². The summed E-state index contributed by atoms with van der Waals surface area (Å²) >= 11 is 1.30. The van der Waals surface area contributed by atoms with Crippen molar-refractivity contribution >= 4 is 27.1 Å². The molecule has 2 aromatic heterocycles. The maximum absolute atomic E-state index is 13.0. The summed E-state index contributed by atoms with van der Waals surface area (Å²) in [6.07, 6.45) is 0. The summed E-state index contributed by atoms with van der Waals surface area (Å²) in [5.74, 6) is -0.926. The molecule has 1 fully saturated rings. The van der Waals surface area contributed by atoms with E-state index in [9.17, 15) is 18.5 Å². The molecule has 9 nitrogen and oxygen atoms in total. The Bertz CT molecular complexity index is 1270. The zero-order chi connectivity index (χ0) is 23.6. The maximum Gasteiger partial charge on any atom is 0.248 e. The largest absolute Gasteiger partial charge is 0.360 e. The highest BCUT2D eigenvalue weighted by Crippen LogP contribution is 2.28. The molecule has 0 radical (unpaired) electrons. The van der Waals surface area contributed by atoms with Crippen LogP contribution in [0.25, 0.3) is 11.3 Å². The smallest absolute Gasteiger partial charge is 0.248 e. The monoisotopic (exact) mass is 485 g/mol. The molecule has 0 amide bonds. The highest BCUT2D eigenvalue weighted by atomic mass is 32.2. The van der Waals surface area contributed by atoms with Crippen LogP contribution in [0.15, 0.2) is 45.1 Å². The number of carbonyl (C=O) groups is 1. The van der Waals surface area contributed by atoms with Crippen LogP contribution in [0.1, 0.15) is 22.4 Å². The quantitative estimate of drug-likeness (QED) is 0.501. The number of benzene rings is 1. The van der Waals surface area contributed by atoms with E-state index < -0.39 is 15.9 Å². The van der Waals surface area contributed by atoms with Gasteiger partial charge in [0.25, 0.3) is 0 Å². The summed E-state index contributed by atoms with van der Waals surface area (Å²) in [6, 6.07) is 11.7. The van der Waals surface area contributed by atoms with Crippen LogP contribution >= 0.6 is 11.3 Å². The average Bonchev–Trinajstić information content (AvgIpc) is 3.42. The van der Waals surface area contributed by atoms with Crippen LogP contribution in [-0.4, -0.2) is 66.3 Å². The zero-order valence-electron chi connectivity index (χ0n) is 18.3. The number of nitrogens with zero attached hydrogens (tertiary/aromatic N) is 5. The van der Waals surface area contributed by atoms with E-state index in [4.69, 9.17) is 4.52 Å². The second kappa shape index (κ2) is 9.52.